The zero-order chi connectivity index (χ0) is 18.7. The average molecular weight is 351 g/mol. The van der Waals surface area contributed by atoms with E-state index in [4.69, 9.17) is 11.0 Å². The standard InChI is InChI=1S/C20H18FN3O2/c21-18-6-5-16(11-17(18)12-22)13-1-3-15(4-2-13)20(26)24-9-7-14(8-10-24)19(23)25/h1-6,11,14H,7-10H2,(H2,23,25). The van der Waals surface area contributed by atoms with Crippen LogP contribution in [0.2, 0.25) is 0 Å². The fraction of sp³-hybridized carbons (Fsp3) is 0.250. The molecule has 0 aliphatic carbocycles. The summed E-state index contributed by atoms with van der Waals surface area (Å²) in [6.07, 6.45) is 1.18. The maximum Gasteiger partial charge on any atom is 0.253 e. The van der Waals surface area contributed by atoms with Crippen LogP contribution < -0.4 is 5.73 Å². The van der Waals surface area contributed by atoms with Gasteiger partial charge in [-0.25, -0.2) is 4.39 Å². The molecule has 0 aromatic heterocycles. The van der Waals surface area contributed by atoms with Crippen LogP contribution in [0, 0.1) is 23.1 Å². The molecule has 0 radical (unpaired) electrons. The lowest BCUT2D eigenvalue weighted by atomic mass is 9.95. The molecule has 0 saturated carbocycles. The lowest BCUT2D eigenvalue weighted by Gasteiger charge is -2.30. The van der Waals surface area contributed by atoms with Crippen LogP contribution in [0.15, 0.2) is 42.5 Å². The van der Waals surface area contributed by atoms with E-state index in [-0.39, 0.29) is 23.3 Å². The Morgan fingerprint density at radius 1 is 1.08 bits per heavy atom. The smallest absolute Gasteiger partial charge is 0.253 e. The van der Waals surface area contributed by atoms with Gasteiger partial charge >= 0.3 is 0 Å². The molecule has 0 spiro atoms. The number of carbonyl (C=O) groups excluding carboxylic acids is 2. The molecule has 2 aromatic rings. The molecule has 2 amide bonds. The number of nitriles is 1. The molecule has 0 bridgehead atoms. The number of amides is 2. The molecule has 2 N–H and O–H groups in total. The summed E-state index contributed by atoms with van der Waals surface area (Å²) in [5.74, 6) is -1.11. The SMILES string of the molecule is N#Cc1cc(-c2ccc(C(=O)N3CCC(C(N)=O)CC3)cc2)ccc1F. The third-order valence-corrected chi connectivity index (χ3v) is 4.74. The van der Waals surface area contributed by atoms with Gasteiger partial charge in [-0.15, -0.1) is 0 Å². The number of halogens is 1. The van der Waals surface area contributed by atoms with Crippen molar-refractivity contribution in [1.82, 2.24) is 4.90 Å². The Bertz CT molecular complexity index is 879. The van der Waals surface area contributed by atoms with Gasteiger partial charge in [0.25, 0.3) is 5.91 Å². The predicted octanol–water partition coefficient (Wildman–Crippen LogP) is 2.70. The number of carbonyl (C=O) groups is 2. The van der Waals surface area contributed by atoms with Gasteiger partial charge in [-0.1, -0.05) is 18.2 Å². The Hall–Kier alpha value is -3.20. The summed E-state index contributed by atoms with van der Waals surface area (Å²) in [6, 6.07) is 13.1. The van der Waals surface area contributed by atoms with Crippen LogP contribution in [0.5, 0.6) is 0 Å². The number of rotatable bonds is 3. The van der Waals surface area contributed by atoms with Crippen LogP contribution in [0.1, 0.15) is 28.8 Å². The molecular weight excluding hydrogens is 333 g/mol. The van der Waals surface area contributed by atoms with E-state index in [0.29, 0.717) is 37.1 Å². The van der Waals surface area contributed by atoms with E-state index in [0.717, 1.165) is 5.56 Å². The van der Waals surface area contributed by atoms with Crippen molar-refractivity contribution in [3.05, 3.63) is 59.4 Å². The Morgan fingerprint density at radius 3 is 2.27 bits per heavy atom. The number of hydrogen-bond donors (Lipinski definition) is 1. The van der Waals surface area contributed by atoms with Gasteiger partial charge in [-0.05, 0) is 48.2 Å². The highest BCUT2D eigenvalue weighted by molar-refractivity contribution is 5.95. The number of nitrogens with two attached hydrogens (primary N) is 1. The minimum absolute atomic E-state index is 0.0139. The van der Waals surface area contributed by atoms with Gasteiger partial charge in [0.1, 0.15) is 11.9 Å². The number of nitrogens with zero attached hydrogens (tertiary/aromatic N) is 2. The molecule has 1 aliphatic heterocycles. The first-order valence-electron chi connectivity index (χ1n) is 8.38. The Morgan fingerprint density at radius 2 is 1.69 bits per heavy atom. The zero-order valence-corrected chi connectivity index (χ0v) is 14.1. The third kappa shape index (κ3) is 3.57. The third-order valence-electron chi connectivity index (χ3n) is 4.74. The first kappa shape index (κ1) is 17.6. The molecule has 1 heterocycles. The fourth-order valence-electron chi connectivity index (χ4n) is 3.15. The van der Waals surface area contributed by atoms with Crippen molar-refractivity contribution < 1.29 is 14.0 Å². The van der Waals surface area contributed by atoms with Crippen molar-refractivity contribution in [2.75, 3.05) is 13.1 Å². The highest BCUT2D eigenvalue weighted by atomic mass is 19.1. The summed E-state index contributed by atoms with van der Waals surface area (Å²) in [6.45, 7) is 1.02. The molecule has 6 heteroatoms. The second-order valence-electron chi connectivity index (χ2n) is 6.35. The normalized spacial score (nSPS) is 14.7. The lowest BCUT2D eigenvalue weighted by Crippen LogP contribution is -2.41. The molecule has 26 heavy (non-hydrogen) atoms. The molecule has 0 atom stereocenters. The van der Waals surface area contributed by atoms with Gasteiger partial charge < -0.3 is 10.6 Å². The number of primary amides is 1. The van der Waals surface area contributed by atoms with E-state index in [2.05, 4.69) is 0 Å². The fourth-order valence-corrected chi connectivity index (χ4v) is 3.15. The summed E-state index contributed by atoms with van der Waals surface area (Å²) in [4.78, 5) is 25.5. The molecule has 1 fully saturated rings. The van der Waals surface area contributed by atoms with E-state index in [1.807, 2.05) is 6.07 Å². The lowest BCUT2D eigenvalue weighted by molar-refractivity contribution is -0.123. The van der Waals surface area contributed by atoms with E-state index in [1.165, 1.54) is 12.1 Å². The second-order valence-corrected chi connectivity index (χ2v) is 6.35. The Balaban J connectivity index is 1.73. The quantitative estimate of drug-likeness (QED) is 0.922. The van der Waals surface area contributed by atoms with Crippen LogP contribution in [-0.2, 0) is 4.79 Å². The van der Waals surface area contributed by atoms with Crippen molar-refractivity contribution in [2.24, 2.45) is 11.7 Å². The average Bonchev–Trinajstić information content (AvgIpc) is 2.68. The second kappa shape index (κ2) is 7.36. The van der Waals surface area contributed by atoms with Gasteiger partial charge in [0.05, 0.1) is 5.56 Å². The molecule has 1 aliphatic rings. The molecule has 2 aromatic carbocycles. The van der Waals surface area contributed by atoms with E-state index in [1.54, 1.807) is 35.2 Å². The first-order valence-corrected chi connectivity index (χ1v) is 8.38. The minimum Gasteiger partial charge on any atom is -0.369 e. The van der Waals surface area contributed by atoms with Crippen molar-refractivity contribution >= 4 is 11.8 Å². The van der Waals surface area contributed by atoms with Crippen molar-refractivity contribution in [2.45, 2.75) is 12.8 Å². The van der Waals surface area contributed by atoms with Crippen LogP contribution in [0.3, 0.4) is 0 Å². The number of hydrogen-bond acceptors (Lipinski definition) is 3. The predicted molar refractivity (Wildman–Crippen MR) is 94.4 cm³/mol. The highest BCUT2D eigenvalue weighted by Crippen LogP contribution is 2.24. The summed E-state index contributed by atoms with van der Waals surface area (Å²) < 4.78 is 13.4. The van der Waals surface area contributed by atoms with Gasteiger partial charge in [0, 0.05) is 24.6 Å². The largest absolute Gasteiger partial charge is 0.369 e. The summed E-state index contributed by atoms with van der Waals surface area (Å²) in [5, 5.41) is 8.93. The van der Waals surface area contributed by atoms with Crippen LogP contribution in [0.25, 0.3) is 11.1 Å². The molecule has 3 rings (SSSR count). The summed E-state index contributed by atoms with van der Waals surface area (Å²) in [7, 11) is 0. The van der Waals surface area contributed by atoms with Crippen LogP contribution in [-0.4, -0.2) is 29.8 Å². The minimum atomic E-state index is -0.553. The van der Waals surface area contributed by atoms with E-state index in [9.17, 15) is 14.0 Å². The molecule has 1 saturated heterocycles. The molecular formula is C20H18FN3O2. The number of piperidine rings is 1. The van der Waals surface area contributed by atoms with E-state index >= 15 is 0 Å². The topological polar surface area (TPSA) is 87.2 Å². The summed E-state index contributed by atoms with van der Waals surface area (Å²) >= 11 is 0. The maximum atomic E-state index is 13.4. The van der Waals surface area contributed by atoms with Gasteiger partial charge in [0.15, 0.2) is 0 Å². The molecule has 5 nitrogen and oxygen atoms in total. The highest BCUT2D eigenvalue weighted by Gasteiger charge is 2.26. The monoisotopic (exact) mass is 351 g/mol. The molecule has 0 unspecified atom stereocenters. The van der Waals surface area contributed by atoms with E-state index < -0.39 is 5.82 Å². The van der Waals surface area contributed by atoms with Gasteiger partial charge in [-0.2, -0.15) is 5.26 Å². The Kier molecular flexibility index (Phi) is 4.99. The maximum absolute atomic E-state index is 13.4. The van der Waals surface area contributed by atoms with Crippen molar-refractivity contribution in [3.63, 3.8) is 0 Å². The molecule has 132 valence electrons. The van der Waals surface area contributed by atoms with Gasteiger partial charge in [0.2, 0.25) is 5.91 Å². The number of benzene rings is 2. The number of likely N-dealkylation sites (tertiary alicyclic amines) is 1. The summed E-state index contributed by atoms with van der Waals surface area (Å²) in [5.41, 5.74) is 7.36. The van der Waals surface area contributed by atoms with Crippen molar-refractivity contribution in [3.8, 4) is 17.2 Å². The zero-order valence-electron chi connectivity index (χ0n) is 14.1. The van der Waals surface area contributed by atoms with Crippen LogP contribution >= 0.6 is 0 Å². The van der Waals surface area contributed by atoms with Crippen molar-refractivity contribution in [1.29, 1.82) is 5.26 Å². The first-order chi connectivity index (χ1) is 12.5. The van der Waals surface area contributed by atoms with Crippen LogP contribution in [0.4, 0.5) is 4.39 Å². The van der Waals surface area contributed by atoms with Gasteiger partial charge in [-0.3, -0.25) is 9.59 Å². The Labute approximate surface area is 150 Å².